The molecule has 0 radical (unpaired) electrons. The number of nitrogens with one attached hydrogen (secondary N) is 1. The summed E-state index contributed by atoms with van der Waals surface area (Å²) in [5, 5.41) is 2.96. The number of nitrogens with zero attached hydrogens (tertiary/aromatic N) is 2. The van der Waals surface area contributed by atoms with Gasteiger partial charge in [0, 0.05) is 32.7 Å². The van der Waals surface area contributed by atoms with Crippen LogP contribution in [0.15, 0.2) is 53.4 Å². The van der Waals surface area contributed by atoms with Crippen LogP contribution in [0.5, 0.6) is 0 Å². The van der Waals surface area contributed by atoms with Gasteiger partial charge in [-0.3, -0.25) is 9.69 Å². The fourth-order valence-electron chi connectivity index (χ4n) is 3.55. The largest absolute Gasteiger partial charge is 0.351 e. The second-order valence-electron chi connectivity index (χ2n) is 7.59. The number of hydrogen-bond donors (Lipinski definition) is 1. The maximum Gasteiger partial charge on any atom is 0.243 e. The molecule has 2 aromatic carbocycles. The average molecular weight is 416 g/mol. The van der Waals surface area contributed by atoms with Gasteiger partial charge in [0.15, 0.2) is 0 Å². The van der Waals surface area contributed by atoms with Crippen molar-refractivity contribution in [1.82, 2.24) is 14.5 Å². The first-order valence-electron chi connectivity index (χ1n) is 9.92. The minimum atomic E-state index is -3.52. The molecule has 1 aliphatic rings. The zero-order valence-electron chi connectivity index (χ0n) is 17.3. The molecule has 1 N–H and O–H groups in total. The van der Waals surface area contributed by atoms with Gasteiger partial charge >= 0.3 is 0 Å². The van der Waals surface area contributed by atoms with Gasteiger partial charge in [-0.25, -0.2) is 8.42 Å². The van der Waals surface area contributed by atoms with Crippen molar-refractivity contribution in [3.8, 4) is 0 Å². The summed E-state index contributed by atoms with van der Waals surface area (Å²) in [7, 11) is -3.52. The predicted molar refractivity (Wildman–Crippen MR) is 114 cm³/mol. The molecule has 0 unspecified atom stereocenters. The lowest BCUT2D eigenvalue weighted by Gasteiger charge is -2.37. The molecular formula is C22H29N3O3S. The van der Waals surface area contributed by atoms with E-state index in [2.05, 4.69) is 5.32 Å². The van der Waals surface area contributed by atoms with Crippen LogP contribution in [0, 0.1) is 13.8 Å². The first kappa shape index (κ1) is 21.5. The molecule has 156 valence electrons. The van der Waals surface area contributed by atoms with Crippen molar-refractivity contribution in [2.24, 2.45) is 0 Å². The molecule has 3 rings (SSSR count). The van der Waals surface area contributed by atoms with Crippen LogP contribution < -0.4 is 5.32 Å². The van der Waals surface area contributed by atoms with Gasteiger partial charge in [-0.1, -0.05) is 42.5 Å². The minimum Gasteiger partial charge on any atom is -0.351 e. The van der Waals surface area contributed by atoms with E-state index in [4.69, 9.17) is 0 Å². The molecule has 0 aliphatic carbocycles. The quantitative estimate of drug-likeness (QED) is 0.786. The Morgan fingerprint density at radius 2 is 1.69 bits per heavy atom. The topological polar surface area (TPSA) is 69.7 Å². The van der Waals surface area contributed by atoms with Crippen LogP contribution in [0.1, 0.15) is 23.6 Å². The summed E-state index contributed by atoms with van der Waals surface area (Å²) in [6.45, 7) is 7.90. The van der Waals surface area contributed by atoms with Crippen molar-refractivity contribution in [1.29, 1.82) is 0 Å². The van der Waals surface area contributed by atoms with Crippen LogP contribution in [-0.2, 0) is 21.4 Å². The standard InChI is InChI=1S/C22H29N3O3S/c1-17-9-10-18(2)21(15-17)29(27,28)25-13-11-24(12-14-25)19(3)22(26)23-16-20-7-5-4-6-8-20/h4-10,15,19H,11-14,16H2,1-3H3,(H,23,26)/t19-/m0/s1. The molecule has 1 fully saturated rings. The van der Waals surface area contributed by atoms with E-state index in [0.717, 1.165) is 16.7 Å². The number of aryl methyl sites for hydroxylation is 2. The van der Waals surface area contributed by atoms with E-state index in [1.54, 1.807) is 6.07 Å². The molecule has 0 spiro atoms. The number of rotatable bonds is 6. The van der Waals surface area contributed by atoms with Gasteiger partial charge in [0.05, 0.1) is 10.9 Å². The second kappa shape index (κ2) is 9.07. The van der Waals surface area contributed by atoms with Crippen LogP contribution in [-0.4, -0.2) is 55.8 Å². The smallest absolute Gasteiger partial charge is 0.243 e. The van der Waals surface area contributed by atoms with Gasteiger partial charge in [0.1, 0.15) is 0 Å². The lowest BCUT2D eigenvalue weighted by atomic mass is 10.2. The third-order valence-corrected chi connectivity index (χ3v) is 7.51. The summed E-state index contributed by atoms with van der Waals surface area (Å²) in [4.78, 5) is 14.9. The molecule has 1 amide bonds. The van der Waals surface area contributed by atoms with Crippen LogP contribution in [0.4, 0.5) is 0 Å². The van der Waals surface area contributed by atoms with E-state index < -0.39 is 10.0 Å². The molecule has 1 aliphatic heterocycles. The number of hydrogen-bond acceptors (Lipinski definition) is 4. The third-order valence-electron chi connectivity index (χ3n) is 5.47. The van der Waals surface area contributed by atoms with E-state index in [1.807, 2.05) is 68.1 Å². The fraction of sp³-hybridized carbons (Fsp3) is 0.409. The molecule has 7 heteroatoms. The maximum absolute atomic E-state index is 13.1. The number of carbonyl (C=O) groups excluding carboxylic acids is 1. The number of piperazine rings is 1. The number of benzene rings is 2. The van der Waals surface area contributed by atoms with E-state index in [1.165, 1.54) is 4.31 Å². The lowest BCUT2D eigenvalue weighted by molar-refractivity contribution is -0.126. The Labute approximate surface area is 173 Å². The molecule has 2 aromatic rings. The Morgan fingerprint density at radius 1 is 1.03 bits per heavy atom. The molecule has 0 saturated carbocycles. The molecule has 1 atom stereocenters. The first-order valence-corrected chi connectivity index (χ1v) is 11.4. The van der Waals surface area contributed by atoms with Crippen molar-refractivity contribution in [2.75, 3.05) is 26.2 Å². The van der Waals surface area contributed by atoms with Gasteiger partial charge in [0.2, 0.25) is 15.9 Å². The molecule has 1 saturated heterocycles. The Hall–Kier alpha value is -2.22. The monoisotopic (exact) mass is 415 g/mol. The summed E-state index contributed by atoms with van der Waals surface area (Å²) < 4.78 is 27.6. The fourth-order valence-corrected chi connectivity index (χ4v) is 5.29. The maximum atomic E-state index is 13.1. The second-order valence-corrected chi connectivity index (χ2v) is 9.49. The molecule has 29 heavy (non-hydrogen) atoms. The van der Waals surface area contributed by atoms with Gasteiger partial charge in [-0.15, -0.1) is 0 Å². The molecule has 0 bridgehead atoms. The van der Waals surface area contributed by atoms with E-state index in [9.17, 15) is 13.2 Å². The highest BCUT2D eigenvalue weighted by atomic mass is 32.2. The molecule has 6 nitrogen and oxygen atoms in total. The van der Waals surface area contributed by atoms with Crippen LogP contribution in [0.25, 0.3) is 0 Å². The Morgan fingerprint density at radius 3 is 2.34 bits per heavy atom. The zero-order chi connectivity index (χ0) is 21.0. The number of amides is 1. The van der Waals surface area contributed by atoms with Gasteiger partial charge in [-0.05, 0) is 43.5 Å². The Kier molecular flexibility index (Phi) is 6.72. The van der Waals surface area contributed by atoms with Gasteiger partial charge in [0.25, 0.3) is 0 Å². The average Bonchev–Trinajstić information content (AvgIpc) is 2.74. The van der Waals surface area contributed by atoms with Crippen molar-refractivity contribution in [3.05, 3.63) is 65.2 Å². The van der Waals surface area contributed by atoms with Crippen molar-refractivity contribution < 1.29 is 13.2 Å². The summed E-state index contributed by atoms with van der Waals surface area (Å²) in [6, 6.07) is 15.0. The third kappa shape index (κ3) is 5.04. The highest BCUT2D eigenvalue weighted by Gasteiger charge is 2.32. The van der Waals surface area contributed by atoms with Gasteiger partial charge < -0.3 is 5.32 Å². The lowest BCUT2D eigenvalue weighted by Crippen LogP contribution is -2.54. The predicted octanol–water partition coefficient (Wildman–Crippen LogP) is 2.31. The van der Waals surface area contributed by atoms with Crippen molar-refractivity contribution in [3.63, 3.8) is 0 Å². The van der Waals surface area contributed by atoms with E-state index >= 15 is 0 Å². The van der Waals surface area contributed by atoms with Crippen LogP contribution >= 0.6 is 0 Å². The molecule has 1 heterocycles. The van der Waals surface area contributed by atoms with Crippen molar-refractivity contribution >= 4 is 15.9 Å². The summed E-state index contributed by atoms with van der Waals surface area (Å²) in [6.07, 6.45) is 0. The van der Waals surface area contributed by atoms with Crippen molar-refractivity contribution in [2.45, 2.75) is 38.3 Å². The van der Waals surface area contributed by atoms with Gasteiger partial charge in [-0.2, -0.15) is 4.31 Å². The summed E-state index contributed by atoms with van der Waals surface area (Å²) in [5.41, 5.74) is 2.74. The number of sulfonamides is 1. The Balaban J connectivity index is 1.58. The van der Waals surface area contributed by atoms with E-state index in [0.29, 0.717) is 37.6 Å². The first-order chi connectivity index (χ1) is 13.8. The number of carbonyl (C=O) groups is 1. The highest BCUT2D eigenvalue weighted by molar-refractivity contribution is 7.89. The summed E-state index contributed by atoms with van der Waals surface area (Å²) in [5.74, 6) is -0.0420. The van der Waals surface area contributed by atoms with E-state index in [-0.39, 0.29) is 11.9 Å². The molecule has 0 aromatic heterocycles. The van der Waals surface area contributed by atoms with Crippen LogP contribution in [0.2, 0.25) is 0 Å². The highest BCUT2D eigenvalue weighted by Crippen LogP contribution is 2.22. The zero-order valence-corrected chi connectivity index (χ0v) is 18.1. The Bertz CT molecular complexity index is 953. The van der Waals surface area contributed by atoms with Crippen LogP contribution in [0.3, 0.4) is 0 Å². The minimum absolute atomic E-state index is 0.0420. The molecular weight excluding hydrogens is 386 g/mol. The SMILES string of the molecule is Cc1ccc(C)c(S(=O)(=O)N2CCN([C@@H](C)C(=O)NCc3ccccc3)CC2)c1. The summed E-state index contributed by atoms with van der Waals surface area (Å²) >= 11 is 0. The normalized spacial score (nSPS) is 17.1.